The molecule has 33 heavy (non-hydrogen) atoms. The standard InChI is InChI=1S/C23H40N4O5S/c1-32-21(30)13-5-3-9-15-24-19(28)11-4-2-8-14-25-20(29)12-7-6-10-18-22-17(16-33-18)26-23(31)27-22/h17-18,22H,2-16H2,1H3,(H,24,28)(H,25,29)(H2,26,27,31). The molecule has 0 bridgehead atoms. The van der Waals surface area contributed by atoms with Crippen LogP contribution in [0.2, 0.25) is 0 Å². The van der Waals surface area contributed by atoms with Gasteiger partial charge in [-0.25, -0.2) is 4.79 Å². The Balaban J connectivity index is 1.34. The van der Waals surface area contributed by atoms with Gasteiger partial charge in [-0.15, -0.1) is 0 Å². The first-order valence-electron chi connectivity index (χ1n) is 12.3. The van der Waals surface area contributed by atoms with E-state index in [4.69, 9.17) is 0 Å². The summed E-state index contributed by atoms with van der Waals surface area (Å²) in [5, 5.41) is 12.3. The topological polar surface area (TPSA) is 126 Å². The van der Waals surface area contributed by atoms with E-state index in [0.717, 1.165) is 63.5 Å². The molecule has 2 rings (SSSR count). The van der Waals surface area contributed by atoms with Crippen molar-refractivity contribution in [3.63, 3.8) is 0 Å². The minimum atomic E-state index is -0.189. The molecule has 4 amide bonds. The maximum atomic E-state index is 12.0. The summed E-state index contributed by atoms with van der Waals surface area (Å²) in [5.74, 6) is 0.930. The first-order valence-corrected chi connectivity index (χ1v) is 13.3. The molecule has 2 fully saturated rings. The molecule has 2 aliphatic heterocycles. The highest BCUT2D eigenvalue weighted by molar-refractivity contribution is 8.00. The van der Waals surface area contributed by atoms with Crippen molar-refractivity contribution in [3.05, 3.63) is 0 Å². The van der Waals surface area contributed by atoms with Crippen LogP contribution in [-0.4, -0.2) is 67.1 Å². The number of carbonyl (C=O) groups excluding carboxylic acids is 4. The Hall–Kier alpha value is -1.97. The largest absolute Gasteiger partial charge is 0.469 e. The van der Waals surface area contributed by atoms with Gasteiger partial charge < -0.3 is 26.0 Å². The third-order valence-electron chi connectivity index (χ3n) is 6.09. The first kappa shape index (κ1) is 27.3. The molecular formula is C23H40N4O5S. The van der Waals surface area contributed by atoms with Gasteiger partial charge in [-0.05, 0) is 38.5 Å². The normalized spacial score (nSPS) is 21.1. The molecule has 2 aliphatic rings. The van der Waals surface area contributed by atoms with Crippen molar-refractivity contribution in [1.82, 2.24) is 21.3 Å². The Morgan fingerprint density at radius 1 is 0.879 bits per heavy atom. The number of thioether (sulfide) groups is 1. The van der Waals surface area contributed by atoms with Gasteiger partial charge >= 0.3 is 12.0 Å². The van der Waals surface area contributed by atoms with E-state index < -0.39 is 0 Å². The van der Waals surface area contributed by atoms with E-state index >= 15 is 0 Å². The first-order chi connectivity index (χ1) is 16.0. The van der Waals surface area contributed by atoms with Crippen LogP contribution in [-0.2, 0) is 19.1 Å². The van der Waals surface area contributed by atoms with Crippen LogP contribution < -0.4 is 21.3 Å². The second kappa shape index (κ2) is 15.8. The highest BCUT2D eigenvalue weighted by Gasteiger charge is 2.42. The molecule has 9 nitrogen and oxygen atoms in total. The summed E-state index contributed by atoms with van der Waals surface area (Å²) in [6, 6.07) is 0.432. The Morgan fingerprint density at radius 2 is 1.48 bits per heavy atom. The minimum absolute atomic E-state index is 0.0561. The number of hydrogen-bond donors (Lipinski definition) is 4. The van der Waals surface area contributed by atoms with Crippen molar-refractivity contribution in [2.75, 3.05) is 26.0 Å². The SMILES string of the molecule is COC(=O)CCCCCNC(=O)CCCCCNC(=O)CCCCC1SCC2NC(=O)NC21. The summed E-state index contributed by atoms with van der Waals surface area (Å²) in [4.78, 5) is 46.2. The van der Waals surface area contributed by atoms with Crippen molar-refractivity contribution in [2.24, 2.45) is 0 Å². The molecule has 0 aromatic heterocycles. The van der Waals surface area contributed by atoms with E-state index in [1.54, 1.807) is 0 Å². The van der Waals surface area contributed by atoms with Crippen molar-refractivity contribution in [1.29, 1.82) is 0 Å². The number of fused-ring (bicyclic) bond motifs is 1. The van der Waals surface area contributed by atoms with Gasteiger partial charge in [0.15, 0.2) is 0 Å². The summed E-state index contributed by atoms with van der Waals surface area (Å²) in [6.07, 6.45) is 9.50. The van der Waals surface area contributed by atoms with Gasteiger partial charge in [0.1, 0.15) is 0 Å². The lowest BCUT2D eigenvalue weighted by Gasteiger charge is -2.16. The highest BCUT2D eigenvalue weighted by atomic mass is 32.2. The Morgan fingerprint density at radius 3 is 2.12 bits per heavy atom. The number of urea groups is 1. The molecule has 3 atom stereocenters. The zero-order valence-corrected chi connectivity index (χ0v) is 20.6. The van der Waals surface area contributed by atoms with Gasteiger partial charge in [0, 0.05) is 43.4 Å². The molecular weight excluding hydrogens is 444 g/mol. The van der Waals surface area contributed by atoms with E-state index in [-0.39, 0.29) is 35.9 Å². The fourth-order valence-electron chi connectivity index (χ4n) is 4.17. The zero-order chi connectivity index (χ0) is 23.9. The second-order valence-electron chi connectivity index (χ2n) is 8.77. The number of nitrogens with one attached hydrogen (secondary N) is 4. The number of rotatable bonds is 17. The van der Waals surface area contributed by atoms with E-state index in [0.29, 0.717) is 37.6 Å². The molecule has 0 aromatic carbocycles. The van der Waals surface area contributed by atoms with Gasteiger partial charge in [0.25, 0.3) is 0 Å². The lowest BCUT2D eigenvalue weighted by atomic mass is 10.0. The smallest absolute Gasteiger partial charge is 0.315 e. The zero-order valence-electron chi connectivity index (χ0n) is 19.8. The molecule has 0 aliphatic carbocycles. The number of esters is 1. The molecule has 0 aromatic rings. The fourth-order valence-corrected chi connectivity index (χ4v) is 5.71. The quantitative estimate of drug-likeness (QED) is 0.143. The lowest BCUT2D eigenvalue weighted by Crippen LogP contribution is -2.36. The number of amides is 4. The predicted molar refractivity (Wildman–Crippen MR) is 129 cm³/mol. The van der Waals surface area contributed by atoms with Crippen molar-refractivity contribution >= 4 is 35.6 Å². The molecule has 4 N–H and O–H groups in total. The van der Waals surface area contributed by atoms with E-state index in [9.17, 15) is 19.2 Å². The van der Waals surface area contributed by atoms with Gasteiger partial charge in [0.2, 0.25) is 11.8 Å². The van der Waals surface area contributed by atoms with Gasteiger partial charge in [0.05, 0.1) is 19.2 Å². The van der Waals surface area contributed by atoms with Crippen molar-refractivity contribution in [2.45, 2.75) is 94.4 Å². The van der Waals surface area contributed by atoms with Crippen LogP contribution in [0.4, 0.5) is 4.79 Å². The summed E-state index contributed by atoms with van der Waals surface area (Å²) < 4.78 is 4.59. The van der Waals surface area contributed by atoms with Gasteiger partial charge in [-0.2, -0.15) is 11.8 Å². The van der Waals surface area contributed by atoms with Crippen LogP contribution in [0.3, 0.4) is 0 Å². The van der Waals surface area contributed by atoms with Crippen LogP contribution in [0, 0.1) is 0 Å². The summed E-state index contributed by atoms with van der Waals surface area (Å²) >= 11 is 1.91. The second-order valence-corrected chi connectivity index (χ2v) is 10.0. The maximum Gasteiger partial charge on any atom is 0.315 e. The Kier molecular flexibility index (Phi) is 13.1. The Bertz CT molecular complexity index is 648. The minimum Gasteiger partial charge on any atom is -0.469 e. The van der Waals surface area contributed by atoms with Crippen LogP contribution in [0.1, 0.15) is 77.0 Å². The van der Waals surface area contributed by atoms with Crippen LogP contribution >= 0.6 is 11.8 Å². The highest BCUT2D eigenvalue weighted by Crippen LogP contribution is 2.33. The average Bonchev–Trinajstić information content (AvgIpc) is 3.35. The van der Waals surface area contributed by atoms with Crippen LogP contribution in [0.15, 0.2) is 0 Å². The lowest BCUT2D eigenvalue weighted by molar-refractivity contribution is -0.140. The molecule has 2 saturated heterocycles. The summed E-state index contributed by atoms with van der Waals surface area (Å²) in [5.41, 5.74) is 0. The van der Waals surface area contributed by atoms with Crippen LogP contribution in [0.5, 0.6) is 0 Å². The predicted octanol–water partition coefficient (Wildman–Crippen LogP) is 2.24. The molecule has 188 valence electrons. The molecule has 0 saturated carbocycles. The van der Waals surface area contributed by atoms with E-state index in [1.807, 2.05) is 11.8 Å². The molecule has 10 heteroatoms. The number of carbonyl (C=O) groups is 4. The third kappa shape index (κ3) is 11.1. The average molecular weight is 485 g/mol. The van der Waals surface area contributed by atoms with Crippen molar-refractivity contribution < 1.29 is 23.9 Å². The Labute approximate surface area is 201 Å². The molecule has 3 unspecified atom stereocenters. The van der Waals surface area contributed by atoms with Gasteiger partial charge in [-0.3, -0.25) is 14.4 Å². The van der Waals surface area contributed by atoms with E-state index in [2.05, 4.69) is 26.0 Å². The third-order valence-corrected chi connectivity index (χ3v) is 7.60. The monoisotopic (exact) mass is 484 g/mol. The summed E-state index contributed by atoms with van der Waals surface area (Å²) in [7, 11) is 1.39. The van der Waals surface area contributed by atoms with Crippen LogP contribution in [0.25, 0.3) is 0 Å². The van der Waals surface area contributed by atoms with Gasteiger partial charge in [-0.1, -0.05) is 19.3 Å². The molecule has 2 heterocycles. The number of ether oxygens (including phenoxy) is 1. The number of hydrogen-bond acceptors (Lipinski definition) is 6. The van der Waals surface area contributed by atoms with E-state index in [1.165, 1.54) is 7.11 Å². The van der Waals surface area contributed by atoms with Crippen molar-refractivity contribution in [3.8, 4) is 0 Å². The fraction of sp³-hybridized carbons (Fsp3) is 0.826. The number of methoxy groups -OCH3 is 1. The maximum absolute atomic E-state index is 12.0. The molecule has 0 radical (unpaired) electrons. The number of unbranched alkanes of at least 4 members (excludes halogenated alkanes) is 5. The summed E-state index contributed by atoms with van der Waals surface area (Å²) in [6.45, 7) is 1.29. The molecule has 0 spiro atoms.